The van der Waals surface area contributed by atoms with Crippen molar-refractivity contribution in [1.82, 2.24) is 14.9 Å². The molecule has 6 nitrogen and oxygen atoms in total. The summed E-state index contributed by atoms with van der Waals surface area (Å²) in [6.07, 6.45) is 0.0910. The molecule has 25 heavy (non-hydrogen) atoms. The van der Waals surface area contributed by atoms with Crippen molar-refractivity contribution < 1.29 is 14.3 Å². The van der Waals surface area contributed by atoms with E-state index in [0.717, 1.165) is 21.7 Å². The van der Waals surface area contributed by atoms with Crippen LogP contribution in [0, 0.1) is 6.92 Å². The van der Waals surface area contributed by atoms with Gasteiger partial charge in [0, 0.05) is 17.5 Å². The van der Waals surface area contributed by atoms with Gasteiger partial charge in [-0.1, -0.05) is 6.07 Å². The van der Waals surface area contributed by atoms with Crippen molar-refractivity contribution in [3.05, 3.63) is 52.0 Å². The average Bonchev–Trinajstić information content (AvgIpc) is 3.23. The van der Waals surface area contributed by atoms with Gasteiger partial charge in [-0.15, -0.1) is 11.3 Å². The van der Waals surface area contributed by atoms with Gasteiger partial charge in [-0.05, 0) is 36.6 Å². The van der Waals surface area contributed by atoms with Crippen LogP contribution in [0.1, 0.15) is 33.5 Å². The zero-order valence-corrected chi connectivity index (χ0v) is 15.1. The maximum Gasteiger partial charge on any atom is 0.307 e. The number of rotatable bonds is 5. The highest BCUT2D eigenvalue weighted by Crippen LogP contribution is 2.23. The highest BCUT2D eigenvalue weighted by atomic mass is 32.1. The number of imidazole rings is 1. The van der Waals surface area contributed by atoms with Crippen LogP contribution in [-0.2, 0) is 16.6 Å². The third-order valence-corrected chi connectivity index (χ3v) is 5.14. The number of nitrogens with zero attached hydrogens (tertiary/aromatic N) is 2. The lowest BCUT2D eigenvalue weighted by Gasteiger charge is -2.16. The molecular weight excluding hydrogens is 338 g/mol. The summed E-state index contributed by atoms with van der Waals surface area (Å²) < 4.78 is 6.72. The second-order valence-electron chi connectivity index (χ2n) is 5.74. The molecule has 0 bridgehead atoms. The Morgan fingerprint density at radius 3 is 2.84 bits per heavy atom. The van der Waals surface area contributed by atoms with E-state index in [1.165, 1.54) is 18.4 Å². The Labute approximate surface area is 149 Å². The zero-order valence-electron chi connectivity index (χ0n) is 14.3. The second-order valence-corrected chi connectivity index (χ2v) is 6.72. The van der Waals surface area contributed by atoms with E-state index >= 15 is 0 Å². The number of nitrogens with one attached hydrogen (secondary N) is 1. The number of ether oxygens (including phenoxy) is 1. The molecule has 0 saturated carbocycles. The van der Waals surface area contributed by atoms with Gasteiger partial charge in [0.1, 0.15) is 5.82 Å². The molecule has 0 radical (unpaired) electrons. The predicted octanol–water partition coefficient (Wildman–Crippen LogP) is 2.98. The number of benzene rings is 1. The quantitative estimate of drug-likeness (QED) is 0.713. The summed E-state index contributed by atoms with van der Waals surface area (Å²) in [6.45, 7) is 1.92. The summed E-state index contributed by atoms with van der Waals surface area (Å²) in [6, 6.07) is 8.78. The van der Waals surface area contributed by atoms with Crippen molar-refractivity contribution in [2.75, 3.05) is 7.11 Å². The molecule has 0 aliphatic heterocycles. The molecular formula is C18H19N3O3S. The van der Waals surface area contributed by atoms with Crippen molar-refractivity contribution in [1.29, 1.82) is 0 Å². The van der Waals surface area contributed by atoms with Crippen LogP contribution in [0.25, 0.3) is 11.0 Å². The van der Waals surface area contributed by atoms with Crippen molar-refractivity contribution in [2.24, 2.45) is 7.05 Å². The maximum absolute atomic E-state index is 12.7. The molecule has 0 fully saturated rings. The van der Waals surface area contributed by atoms with Crippen molar-refractivity contribution in [3.63, 3.8) is 0 Å². The number of amides is 1. The summed E-state index contributed by atoms with van der Waals surface area (Å²) >= 11 is 1.49. The molecule has 0 spiro atoms. The van der Waals surface area contributed by atoms with Gasteiger partial charge in [-0.25, -0.2) is 4.98 Å². The molecule has 0 aliphatic carbocycles. The van der Waals surface area contributed by atoms with Gasteiger partial charge in [0.15, 0.2) is 0 Å². The number of hydrogen-bond donors (Lipinski definition) is 1. The molecule has 1 aromatic carbocycles. The largest absolute Gasteiger partial charge is 0.469 e. The van der Waals surface area contributed by atoms with E-state index in [2.05, 4.69) is 10.3 Å². The molecule has 1 atom stereocenters. The summed E-state index contributed by atoms with van der Waals surface area (Å²) in [7, 11) is 3.28. The number of aromatic nitrogens is 2. The maximum atomic E-state index is 12.7. The minimum Gasteiger partial charge on any atom is -0.469 e. The number of hydrogen-bond acceptors (Lipinski definition) is 5. The summed E-state index contributed by atoms with van der Waals surface area (Å²) in [5.41, 5.74) is 2.25. The van der Waals surface area contributed by atoms with Gasteiger partial charge < -0.3 is 14.6 Å². The SMILES string of the molecule is COC(=O)C[C@@H](NC(=O)c1ccc2c(c1)nc(C)n2C)c1cccs1. The topological polar surface area (TPSA) is 73.2 Å². The molecule has 0 aliphatic rings. The van der Waals surface area contributed by atoms with Crippen LogP contribution >= 0.6 is 11.3 Å². The Hall–Kier alpha value is -2.67. The van der Waals surface area contributed by atoms with Gasteiger partial charge in [0.25, 0.3) is 5.91 Å². The van der Waals surface area contributed by atoms with Crippen LogP contribution < -0.4 is 5.32 Å². The molecule has 130 valence electrons. The lowest BCUT2D eigenvalue weighted by atomic mass is 10.1. The first-order valence-electron chi connectivity index (χ1n) is 7.83. The second kappa shape index (κ2) is 7.06. The Morgan fingerprint density at radius 1 is 1.36 bits per heavy atom. The summed E-state index contributed by atoms with van der Waals surface area (Å²) in [5.74, 6) is 0.275. The van der Waals surface area contributed by atoms with Crippen LogP contribution in [0.3, 0.4) is 0 Å². The Morgan fingerprint density at radius 2 is 2.16 bits per heavy atom. The van der Waals surface area contributed by atoms with Gasteiger partial charge in [-0.3, -0.25) is 9.59 Å². The average molecular weight is 357 g/mol. The van der Waals surface area contributed by atoms with Gasteiger partial charge in [0.2, 0.25) is 0 Å². The van der Waals surface area contributed by atoms with Crippen molar-refractivity contribution >= 4 is 34.2 Å². The lowest BCUT2D eigenvalue weighted by Crippen LogP contribution is -2.30. The Bertz CT molecular complexity index is 915. The van der Waals surface area contributed by atoms with E-state index in [1.54, 1.807) is 12.1 Å². The third-order valence-electron chi connectivity index (χ3n) is 4.16. The van der Waals surface area contributed by atoms with Crippen LogP contribution in [0.2, 0.25) is 0 Å². The van der Waals surface area contributed by atoms with E-state index in [4.69, 9.17) is 4.74 Å². The molecule has 1 N–H and O–H groups in total. The number of carbonyl (C=O) groups is 2. The molecule has 1 amide bonds. The number of aryl methyl sites for hydroxylation is 2. The monoisotopic (exact) mass is 357 g/mol. The third kappa shape index (κ3) is 3.56. The number of esters is 1. The lowest BCUT2D eigenvalue weighted by molar-refractivity contribution is -0.141. The van der Waals surface area contributed by atoms with Gasteiger partial charge in [-0.2, -0.15) is 0 Å². The molecule has 3 rings (SSSR count). The fourth-order valence-corrected chi connectivity index (χ4v) is 3.44. The standard InChI is InChI=1S/C18H19N3O3S/c1-11-19-13-9-12(6-7-15(13)21(11)2)18(23)20-14(10-17(22)24-3)16-5-4-8-25-16/h4-9,14H,10H2,1-3H3,(H,20,23)/t14-/m1/s1. The molecule has 7 heteroatoms. The van der Waals surface area contributed by atoms with Crippen LogP contribution in [-0.4, -0.2) is 28.5 Å². The predicted molar refractivity (Wildman–Crippen MR) is 96.6 cm³/mol. The van der Waals surface area contributed by atoms with Crippen molar-refractivity contribution in [3.8, 4) is 0 Å². The van der Waals surface area contributed by atoms with Crippen molar-refractivity contribution in [2.45, 2.75) is 19.4 Å². The van der Waals surface area contributed by atoms with E-state index in [1.807, 2.05) is 42.1 Å². The van der Waals surface area contributed by atoms with E-state index < -0.39 is 6.04 Å². The summed E-state index contributed by atoms with van der Waals surface area (Å²) in [4.78, 5) is 29.7. The zero-order chi connectivity index (χ0) is 18.0. The molecule has 0 unspecified atom stereocenters. The number of thiophene rings is 1. The first-order valence-corrected chi connectivity index (χ1v) is 8.71. The first-order chi connectivity index (χ1) is 12.0. The normalized spacial score (nSPS) is 12.1. The minimum absolute atomic E-state index is 0.0910. The smallest absolute Gasteiger partial charge is 0.307 e. The molecule has 3 aromatic rings. The number of carbonyl (C=O) groups excluding carboxylic acids is 2. The highest BCUT2D eigenvalue weighted by Gasteiger charge is 2.21. The van der Waals surface area contributed by atoms with Crippen LogP contribution in [0.15, 0.2) is 35.7 Å². The minimum atomic E-state index is -0.416. The van der Waals surface area contributed by atoms with Gasteiger partial charge >= 0.3 is 5.97 Å². The Balaban J connectivity index is 1.84. The highest BCUT2D eigenvalue weighted by molar-refractivity contribution is 7.10. The molecule has 2 heterocycles. The Kier molecular flexibility index (Phi) is 4.85. The first kappa shape index (κ1) is 17.2. The van der Waals surface area contributed by atoms with E-state index in [9.17, 15) is 9.59 Å². The van der Waals surface area contributed by atoms with Crippen LogP contribution in [0.4, 0.5) is 0 Å². The fourth-order valence-electron chi connectivity index (χ4n) is 2.67. The molecule has 2 aromatic heterocycles. The van der Waals surface area contributed by atoms with Crippen LogP contribution in [0.5, 0.6) is 0 Å². The fraction of sp³-hybridized carbons (Fsp3) is 0.278. The van der Waals surface area contributed by atoms with E-state index in [0.29, 0.717) is 5.56 Å². The van der Waals surface area contributed by atoms with E-state index in [-0.39, 0.29) is 18.3 Å². The number of fused-ring (bicyclic) bond motifs is 1. The van der Waals surface area contributed by atoms with Gasteiger partial charge in [0.05, 0.1) is 30.6 Å². The summed E-state index contributed by atoms with van der Waals surface area (Å²) in [5, 5.41) is 4.83. The number of methoxy groups -OCH3 is 1. The molecule has 0 saturated heterocycles.